The van der Waals surface area contributed by atoms with E-state index in [2.05, 4.69) is 50.3 Å². The molecule has 0 spiro atoms. The molecule has 0 bridgehead atoms. The van der Waals surface area contributed by atoms with Gasteiger partial charge in [0.15, 0.2) is 12.4 Å². The van der Waals surface area contributed by atoms with E-state index in [-0.39, 0.29) is 26.1 Å². The number of carbonyl (C=O) groups is 2. The summed E-state index contributed by atoms with van der Waals surface area (Å²) in [6.07, 6.45) is 50.3. The third-order valence-electron chi connectivity index (χ3n) is 13.0. The van der Waals surface area contributed by atoms with Crippen molar-refractivity contribution in [2.45, 2.75) is 295 Å². The molecule has 1 aliphatic heterocycles. The lowest BCUT2D eigenvalue weighted by Gasteiger charge is -2.39. The Bertz CT molecular complexity index is 1190. The van der Waals surface area contributed by atoms with Gasteiger partial charge in [-0.05, 0) is 70.6 Å². The van der Waals surface area contributed by atoms with Crippen LogP contribution in [-0.2, 0) is 28.5 Å². The molecule has 67 heavy (non-hydrogen) atoms. The summed E-state index contributed by atoms with van der Waals surface area (Å²) in [7, 11) is 0. The highest BCUT2D eigenvalue weighted by Crippen LogP contribution is 2.23. The van der Waals surface area contributed by atoms with Crippen LogP contribution in [0, 0.1) is 0 Å². The van der Waals surface area contributed by atoms with Crippen LogP contribution < -0.4 is 0 Å². The summed E-state index contributed by atoms with van der Waals surface area (Å²) in [5.74, 6) is -0.848. The summed E-state index contributed by atoms with van der Waals surface area (Å²) in [6, 6.07) is 0. The standard InChI is InChI=1S/C57H104O10/c1-3-5-7-9-11-13-15-17-19-21-23-24-25-26-28-29-31-33-35-37-39-41-43-45-52(59)64-48-50(49-65-57-56(63)55(62)54(61)51(47-58)67-57)66-53(60)46-44-42-40-38-36-34-32-30-27-22-20-18-16-14-12-10-8-6-4-2/h18,20,29,31,37,39,50-51,54-58,61-63H,3-17,19,21-28,30,32-36,38,40-49H2,1-2H3/b20-18+,31-29+,39-37+/t50-,51-,54+,55?,56?,57-/m0/s1. The third kappa shape index (κ3) is 38.4. The van der Waals surface area contributed by atoms with Gasteiger partial charge in [0.1, 0.15) is 31.0 Å². The van der Waals surface area contributed by atoms with Gasteiger partial charge in [0.2, 0.25) is 0 Å². The van der Waals surface area contributed by atoms with Crippen molar-refractivity contribution in [2.75, 3.05) is 19.8 Å². The van der Waals surface area contributed by atoms with E-state index in [0.717, 1.165) is 44.9 Å². The van der Waals surface area contributed by atoms with E-state index in [1.54, 1.807) is 0 Å². The van der Waals surface area contributed by atoms with E-state index in [1.165, 1.54) is 173 Å². The molecule has 0 radical (unpaired) electrons. The molecule has 1 aliphatic rings. The number of carbonyl (C=O) groups excluding carboxylic acids is 2. The first-order valence-electron chi connectivity index (χ1n) is 28.1. The van der Waals surface area contributed by atoms with Crippen LogP contribution in [0.4, 0.5) is 0 Å². The van der Waals surface area contributed by atoms with Gasteiger partial charge in [-0.3, -0.25) is 9.59 Å². The van der Waals surface area contributed by atoms with Gasteiger partial charge < -0.3 is 39.4 Å². The van der Waals surface area contributed by atoms with E-state index in [0.29, 0.717) is 12.8 Å². The molecule has 1 rings (SSSR count). The second kappa shape index (κ2) is 47.6. The molecule has 10 nitrogen and oxygen atoms in total. The molecule has 392 valence electrons. The van der Waals surface area contributed by atoms with Crippen molar-refractivity contribution in [1.82, 2.24) is 0 Å². The lowest BCUT2D eigenvalue weighted by Crippen LogP contribution is -2.59. The molecular weight excluding hydrogens is 845 g/mol. The first-order valence-corrected chi connectivity index (χ1v) is 28.1. The van der Waals surface area contributed by atoms with Crippen LogP contribution in [-0.4, -0.2) is 89.0 Å². The molecule has 0 amide bonds. The van der Waals surface area contributed by atoms with E-state index >= 15 is 0 Å². The average molecular weight is 949 g/mol. The zero-order valence-electron chi connectivity index (χ0n) is 43.2. The molecule has 0 saturated carbocycles. The van der Waals surface area contributed by atoms with Gasteiger partial charge in [-0.1, -0.05) is 211 Å². The maximum Gasteiger partial charge on any atom is 0.306 e. The quantitative estimate of drug-likeness (QED) is 0.0263. The van der Waals surface area contributed by atoms with Gasteiger partial charge in [-0.15, -0.1) is 0 Å². The van der Waals surface area contributed by atoms with Crippen molar-refractivity contribution < 1.29 is 49.0 Å². The smallest absolute Gasteiger partial charge is 0.306 e. The number of allylic oxidation sites excluding steroid dienone is 6. The lowest BCUT2D eigenvalue weighted by molar-refractivity contribution is -0.305. The second-order valence-electron chi connectivity index (χ2n) is 19.4. The largest absolute Gasteiger partial charge is 0.462 e. The van der Waals surface area contributed by atoms with E-state index < -0.39 is 55.4 Å². The summed E-state index contributed by atoms with van der Waals surface area (Å²) in [5, 5.41) is 40.3. The Balaban J connectivity index is 2.24. The molecule has 10 heteroatoms. The fraction of sp³-hybridized carbons (Fsp3) is 0.860. The highest BCUT2D eigenvalue weighted by atomic mass is 16.7. The Morgan fingerprint density at radius 1 is 0.448 bits per heavy atom. The summed E-state index contributed by atoms with van der Waals surface area (Å²) in [4.78, 5) is 25.5. The van der Waals surface area contributed by atoms with Crippen LogP contribution in [0.1, 0.15) is 258 Å². The fourth-order valence-electron chi connectivity index (χ4n) is 8.56. The maximum absolute atomic E-state index is 12.9. The minimum Gasteiger partial charge on any atom is -0.462 e. The first kappa shape index (κ1) is 62.9. The molecule has 1 saturated heterocycles. The molecule has 0 aromatic heterocycles. The van der Waals surface area contributed by atoms with Gasteiger partial charge in [-0.25, -0.2) is 0 Å². The van der Waals surface area contributed by atoms with E-state index in [9.17, 15) is 30.0 Å². The fourth-order valence-corrected chi connectivity index (χ4v) is 8.56. The van der Waals surface area contributed by atoms with Gasteiger partial charge in [0.25, 0.3) is 0 Å². The number of unbranched alkanes of at least 4 members (excludes halogenated alkanes) is 31. The van der Waals surface area contributed by atoms with Crippen molar-refractivity contribution in [3.8, 4) is 0 Å². The Kier molecular flexibility index (Phi) is 44.7. The number of hydrogen-bond donors (Lipinski definition) is 4. The minimum atomic E-state index is -1.60. The van der Waals surface area contributed by atoms with Crippen molar-refractivity contribution >= 4 is 11.9 Å². The molecular formula is C57H104O10. The Labute approximate surface area is 410 Å². The highest BCUT2D eigenvalue weighted by molar-refractivity contribution is 5.70. The zero-order chi connectivity index (χ0) is 48.7. The molecule has 0 aliphatic carbocycles. The number of ether oxygens (including phenoxy) is 4. The summed E-state index contributed by atoms with van der Waals surface area (Å²) >= 11 is 0. The molecule has 0 aromatic carbocycles. The predicted octanol–water partition coefficient (Wildman–Crippen LogP) is 13.8. The highest BCUT2D eigenvalue weighted by Gasteiger charge is 2.44. The van der Waals surface area contributed by atoms with Crippen molar-refractivity contribution in [1.29, 1.82) is 0 Å². The number of rotatable bonds is 48. The Morgan fingerprint density at radius 3 is 1.25 bits per heavy atom. The van der Waals surface area contributed by atoms with Crippen LogP contribution in [0.5, 0.6) is 0 Å². The van der Waals surface area contributed by atoms with Crippen molar-refractivity contribution in [3.05, 3.63) is 36.5 Å². The van der Waals surface area contributed by atoms with Crippen LogP contribution >= 0.6 is 0 Å². The normalized spacial score (nSPS) is 19.3. The molecule has 1 heterocycles. The van der Waals surface area contributed by atoms with Crippen molar-refractivity contribution in [3.63, 3.8) is 0 Å². The summed E-state index contributed by atoms with van der Waals surface area (Å²) in [6.45, 7) is 3.42. The number of aliphatic hydroxyl groups excluding tert-OH is 4. The molecule has 6 atom stereocenters. The van der Waals surface area contributed by atoms with E-state index in [1.807, 2.05) is 0 Å². The topological polar surface area (TPSA) is 152 Å². The van der Waals surface area contributed by atoms with Gasteiger partial charge >= 0.3 is 11.9 Å². The van der Waals surface area contributed by atoms with Crippen LogP contribution in [0.15, 0.2) is 36.5 Å². The Morgan fingerprint density at radius 2 is 0.821 bits per heavy atom. The molecule has 0 aromatic rings. The van der Waals surface area contributed by atoms with Crippen molar-refractivity contribution in [2.24, 2.45) is 0 Å². The first-order chi connectivity index (χ1) is 32.8. The number of esters is 2. The van der Waals surface area contributed by atoms with Crippen LogP contribution in [0.2, 0.25) is 0 Å². The summed E-state index contributed by atoms with van der Waals surface area (Å²) < 4.78 is 22.2. The molecule has 1 fully saturated rings. The zero-order valence-corrected chi connectivity index (χ0v) is 43.2. The second-order valence-corrected chi connectivity index (χ2v) is 19.4. The maximum atomic E-state index is 12.9. The predicted molar refractivity (Wildman–Crippen MR) is 275 cm³/mol. The van der Waals surface area contributed by atoms with Crippen LogP contribution in [0.25, 0.3) is 0 Å². The van der Waals surface area contributed by atoms with Gasteiger partial charge in [0.05, 0.1) is 13.2 Å². The third-order valence-corrected chi connectivity index (χ3v) is 13.0. The lowest BCUT2D eigenvalue weighted by atomic mass is 9.99. The minimum absolute atomic E-state index is 0.217. The van der Waals surface area contributed by atoms with Gasteiger partial charge in [-0.2, -0.15) is 0 Å². The summed E-state index contributed by atoms with van der Waals surface area (Å²) in [5.41, 5.74) is 0. The molecule has 2 unspecified atom stereocenters. The number of hydrogen-bond acceptors (Lipinski definition) is 10. The van der Waals surface area contributed by atoms with Gasteiger partial charge in [0, 0.05) is 12.8 Å². The SMILES string of the molecule is CCCCCCCC/C=C/CCCCCCCCCCCC(=O)O[C@@H](COC(=O)CCC/C=C/CC/C=C/CCCCCCCCCCCCCCCC)CO[C@H]1O[C@@H](CO)[C@@H](O)C(O)C1O. The molecule has 4 N–H and O–H groups in total. The Hall–Kier alpha value is -2.08. The number of aliphatic hydroxyl groups is 4. The van der Waals surface area contributed by atoms with E-state index in [4.69, 9.17) is 18.9 Å². The van der Waals surface area contributed by atoms with Crippen LogP contribution in [0.3, 0.4) is 0 Å². The average Bonchev–Trinajstić information content (AvgIpc) is 3.33. The monoisotopic (exact) mass is 949 g/mol.